The van der Waals surface area contributed by atoms with Crippen LogP contribution in [0.3, 0.4) is 0 Å². The Balaban J connectivity index is 1.37. The first kappa shape index (κ1) is 18.6. The molecule has 1 atom stereocenters. The van der Waals surface area contributed by atoms with Crippen LogP contribution in [0, 0.1) is 5.82 Å². The third kappa shape index (κ3) is 4.39. The molecule has 4 rings (SSSR count). The quantitative estimate of drug-likeness (QED) is 0.465. The van der Waals surface area contributed by atoms with E-state index < -0.39 is 6.10 Å². The van der Waals surface area contributed by atoms with Gasteiger partial charge in [0.2, 0.25) is 0 Å². The Kier molecular flexibility index (Phi) is 5.66. The van der Waals surface area contributed by atoms with Crippen LogP contribution in [-0.2, 0) is 6.54 Å². The summed E-state index contributed by atoms with van der Waals surface area (Å²) >= 11 is 1.65. The van der Waals surface area contributed by atoms with Crippen molar-refractivity contribution in [3.8, 4) is 17.1 Å². The van der Waals surface area contributed by atoms with E-state index >= 15 is 0 Å². The number of nitrogens with zero attached hydrogens (tertiary/aromatic N) is 1. The molecule has 7 heteroatoms. The highest BCUT2D eigenvalue weighted by molar-refractivity contribution is 7.07. The maximum atomic E-state index is 13.3. The fourth-order valence-corrected chi connectivity index (χ4v) is 3.55. The van der Waals surface area contributed by atoms with Gasteiger partial charge in [-0.05, 0) is 46.7 Å². The Morgan fingerprint density at radius 3 is 3.00 bits per heavy atom. The number of ether oxygens (including phenoxy) is 1. The summed E-state index contributed by atoms with van der Waals surface area (Å²) in [6.07, 6.45) is -0.628. The van der Waals surface area contributed by atoms with Gasteiger partial charge in [-0.1, -0.05) is 17.3 Å². The number of thiophene rings is 1. The van der Waals surface area contributed by atoms with Crippen molar-refractivity contribution in [3.63, 3.8) is 0 Å². The van der Waals surface area contributed by atoms with Crippen molar-refractivity contribution < 1.29 is 18.8 Å². The minimum absolute atomic E-state index is 0.169. The molecule has 0 unspecified atom stereocenters. The molecular formula is C21H19FN2O3S. The van der Waals surface area contributed by atoms with Crippen LogP contribution in [0.15, 0.2) is 63.8 Å². The Hall–Kier alpha value is -2.74. The summed E-state index contributed by atoms with van der Waals surface area (Å²) in [6.45, 7) is 1.32. The highest BCUT2D eigenvalue weighted by Crippen LogP contribution is 2.31. The van der Waals surface area contributed by atoms with E-state index in [1.165, 1.54) is 17.7 Å². The van der Waals surface area contributed by atoms with Crippen molar-refractivity contribution in [1.29, 1.82) is 0 Å². The summed E-state index contributed by atoms with van der Waals surface area (Å²) in [5.41, 5.74) is 2.44. The average Bonchev–Trinajstić information content (AvgIpc) is 3.36. The van der Waals surface area contributed by atoms with E-state index in [4.69, 9.17) is 9.26 Å². The second-order valence-electron chi connectivity index (χ2n) is 6.43. The zero-order chi connectivity index (χ0) is 19.3. The lowest BCUT2D eigenvalue weighted by atomic mass is 10.1. The summed E-state index contributed by atoms with van der Waals surface area (Å²) in [7, 11) is 0. The molecule has 0 saturated heterocycles. The van der Waals surface area contributed by atoms with E-state index in [1.807, 2.05) is 35.7 Å². The van der Waals surface area contributed by atoms with E-state index in [1.54, 1.807) is 17.4 Å². The molecule has 0 aliphatic heterocycles. The lowest BCUT2D eigenvalue weighted by molar-refractivity contribution is 0.106. The highest BCUT2D eigenvalue weighted by Gasteiger charge is 2.13. The fourth-order valence-electron chi connectivity index (χ4n) is 2.88. The van der Waals surface area contributed by atoms with Crippen LogP contribution < -0.4 is 10.1 Å². The first-order chi connectivity index (χ1) is 13.7. The first-order valence-electron chi connectivity index (χ1n) is 8.87. The lowest BCUT2D eigenvalue weighted by Gasteiger charge is -2.13. The monoisotopic (exact) mass is 398 g/mol. The molecule has 2 aromatic carbocycles. The molecule has 4 aromatic rings. The average molecular weight is 398 g/mol. The van der Waals surface area contributed by atoms with E-state index in [-0.39, 0.29) is 12.4 Å². The number of aliphatic hydroxyl groups excluding tert-OH is 1. The number of nitrogens with one attached hydrogen (secondary N) is 1. The summed E-state index contributed by atoms with van der Waals surface area (Å²) in [5.74, 6) is 0.811. The molecule has 0 saturated carbocycles. The second kappa shape index (κ2) is 8.52. The minimum atomic E-state index is -0.628. The van der Waals surface area contributed by atoms with Gasteiger partial charge in [-0.2, -0.15) is 11.3 Å². The molecule has 0 aliphatic carbocycles. The first-order valence-corrected chi connectivity index (χ1v) is 9.81. The van der Waals surface area contributed by atoms with Gasteiger partial charge >= 0.3 is 0 Å². The third-order valence-electron chi connectivity index (χ3n) is 4.27. The van der Waals surface area contributed by atoms with Gasteiger partial charge in [-0.15, -0.1) is 0 Å². The van der Waals surface area contributed by atoms with E-state index in [0.29, 0.717) is 23.6 Å². The van der Waals surface area contributed by atoms with Gasteiger partial charge < -0.3 is 19.7 Å². The molecule has 5 nitrogen and oxygen atoms in total. The van der Waals surface area contributed by atoms with E-state index in [9.17, 15) is 9.50 Å². The maximum absolute atomic E-state index is 13.3. The zero-order valence-corrected chi connectivity index (χ0v) is 15.8. The Labute approximate surface area is 165 Å². The van der Waals surface area contributed by atoms with Gasteiger partial charge in [-0.3, -0.25) is 0 Å². The van der Waals surface area contributed by atoms with Crippen LogP contribution in [0.5, 0.6) is 5.75 Å². The van der Waals surface area contributed by atoms with Gasteiger partial charge in [0.25, 0.3) is 0 Å². The van der Waals surface area contributed by atoms with Crippen molar-refractivity contribution >= 4 is 22.2 Å². The van der Waals surface area contributed by atoms with Gasteiger partial charge in [0, 0.05) is 30.1 Å². The summed E-state index contributed by atoms with van der Waals surface area (Å²) in [6, 6.07) is 13.7. The Morgan fingerprint density at radius 1 is 1.21 bits per heavy atom. The highest BCUT2D eigenvalue weighted by atomic mass is 32.1. The number of aromatic nitrogens is 1. The van der Waals surface area contributed by atoms with Crippen molar-refractivity contribution in [1.82, 2.24) is 10.5 Å². The standard InChI is InChI=1S/C21H19FN2O3S/c22-16-4-5-19-20(9-16)24-27-21(19)15-2-1-3-18(8-15)26-12-17(25)11-23-10-14-6-7-28-13-14/h1-9,13,17,23,25H,10-12H2/t17-/m1/s1. The molecule has 2 heterocycles. The van der Waals surface area contributed by atoms with Crippen LogP contribution in [0.2, 0.25) is 0 Å². The molecule has 0 bridgehead atoms. The SMILES string of the molecule is O[C@H](CNCc1ccsc1)COc1cccc(-c2onc3cc(F)ccc23)c1. The molecule has 0 spiro atoms. The van der Waals surface area contributed by atoms with Gasteiger partial charge in [0.05, 0.1) is 0 Å². The van der Waals surface area contributed by atoms with Crippen molar-refractivity contribution in [2.45, 2.75) is 12.6 Å². The predicted molar refractivity (Wildman–Crippen MR) is 107 cm³/mol. The smallest absolute Gasteiger partial charge is 0.174 e. The van der Waals surface area contributed by atoms with Crippen LogP contribution >= 0.6 is 11.3 Å². The number of halogens is 1. The van der Waals surface area contributed by atoms with Crippen molar-refractivity contribution in [2.24, 2.45) is 0 Å². The Bertz CT molecular complexity index is 1050. The molecule has 0 radical (unpaired) electrons. The molecule has 144 valence electrons. The largest absolute Gasteiger partial charge is 0.491 e. The molecule has 2 aromatic heterocycles. The van der Waals surface area contributed by atoms with Crippen LogP contribution in [0.4, 0.5) is 4.39 Å². The third-order valence-corrected chi connectivity index (χ3v) is 5.00. The number of rotatable bonds is 8. The number of hydrogen-bond acceptors (Lipinski definition) is 6. The number of aliphatic hydroxyl groups is 1. The second-order valence-corrected chi connectivity index (χ2v) is 7.21. The number of hydrogen-bond donors (Lipinski definition) is 2. The summed E-state index contributed by atoms with van der Waals surface area (Å²) in [5, 5.41) is 22.1. The van der Waals surface area contributed by atoms with Crippen LogP contribution in [0.1, 0.15) is 5.56 Å². The van der Waals surface area contributed by atoms with Gasteiger partial charge in [0.1, 0.15) is 29.8 Å². The van der Waals surface area contributed by atoms with Crippen molar-refractivity contribution in [3.05, 3.63) is 70.7 Å². The zero-order valence-electron chi connectivity index (χ0n) is 15.0. The Morgan fingerprint density at radius 2 is 2.14 bits per heavy atom. The molecule has 0 aliphatic rings. The van der Waals surface area contributed by atoms with Crippen LogP contribution in [0.25, 0.3) is 22.2 Å². The lowest BCUT2D eigenvalue weighted by Crippen LogP contribution is -2.31. The molecule has 0 fully saturated rings. The topological polar surface area (TPSA) is 67.5 Å². The van der Waals surface area contributed by atoms with E-state index in [0.717, 1.165) is 17.5 Å². The van der Waals surface area contributed by atoms with E-state index in [2.05, 4.69) is 15.9 Å². The van der Waals surface area contributed by atoms with Gasteiger partial charge in [-0.25, -0.2) is 4.39 Å². The summed E-state index contributed by atoms with van der Waals surface area (Å²) < 4.78 is 24.4. The normalized spacial score (nSPS) is 12.4. The molecule has 0 amide bonds. The van der Waals surface area contributed by atoms with Crippen molar-refractivity contribution in [2.75, 3.05) is 13.2 Å². The molecule has 28 heavy (non-hydrogen) atoms. The maximum Gasteiger partial charge on any atom is 0.174 e. The van der Waals surface area contributed by atoms with Crippen LogP contribution in [-0.4, -0.2) is 29.5 Å². The fraction of sp³-hybridized carbons (Fsp3) is 0.190. The van der Waals surface area contributed by atoms with Gasteiger partial charge in [0.15, 0.2) is 5.76 Å². The number of fused-ring (bicyclic) bond motifs is 1. The summed E-state index contributed by atoms with van der Waals surface area (Å²) in [4.78, 5) is 0. The predicted octanol–water partition coefficient (Wildman–Crippen LogP) is 4.22. The molecule has 2 N–H and O–H groups in total. The number of benzene rings is 2. The minimum Gasteiger partial charge on any atom is -0.491 e. The molecular weight excluding hydrogens is 379 g/mol.